The number of aromatic carboxylic acids is 1. The van der Waals surface area contributed by atoms with E-state index in [4.69, 9.17) is 5.11 Å². The third kappa shape index (κ3) is 3.19. The average Bonchev–Trinajstić information content (AvgIpc) is 2.86. The Balaban J connectivity index is 1.69. The lowest BCUT2D eigenvalue weighted by Gasteiger charge is -2.22. The van der Waals surface area contributed by atoms with E-state index < -0.39 is 29.7 Å². The van der Waals surface area contributed by atoms with Gasteiger partial charge in [-0.2, -0.15) is 0 Å². The van der Waals surface area contributed by atoms with E-state index in [0.717, 1.165) is 4.90 Å². The Morgan fingerprint density at radius 1 is 1.04 bits per heavy atom. The smallest absolute Gasteiger partial charge is 0.335 e. The molecule has 0 radical (unpaired) electrons. The van der Waals surface area contributed by atoms with Gasteiger partial charge in [-0.05, 0) is 37.3 Å². The zero-order valence-electron chi connectivity index (χ0n) is 13.9. The molecule has 2 N–H and O–H groups in total. The molecule has 7 nitrogen and oxygen atoms in total. The van der Waals surface area contributed by atoms with E-state index in [1.165, 1.54) is 18.2 Å². The fourth-order valence-electron chi connectivity index (χ4n) is 2.91. The van der Waals surface area contributed by atoms with Crippen molar-refractivity contribution in [3.8, 4) is 0 Å². The van der Waals surface area contributed by atoms with E-state index in [0.29, 0.717) is 16.8 Å². The number of imide groups is 1. The molecule has 1 heterocycles. The fourth-order valence-corrected chi connectivity index (χ4v) is 2.91. The van der Waals surface area contributed by atoms with Gasteiger partial charge in [0.15, 0.2) is 0 Å². The number of hydrogen-bond acceptors (Lipinski definition) is 4. The molecule has 132 valence electrons. The van der Waals surface area contributed by atoms with Gasteiger partial charge in [0, 0.05) is 18.2 Å². The highest BCUT2D eigenvalue weighted by molar-refractivity contribution is 6.21. The molecular weight excluding hydrogens is 336 g/mol. The molecule has 7 heteroatoms. The van der Waals surface area contributed by atoms with Crippen LogP contribution in [-0.4, -0.2) is 39.7 Å². The van der Waals surface area contributed by atoms with Crippen molar-refractivity contribution >= 4 is 29.4 Å². The minimum absolute atomic E-state index is 0.0520. The van der Waals surface area contributed by atoms with Crippen LogP contribution in [0.2, 0.25) is 0 Å². The predicted octanol–water partition coefficient (Wildman–Crippen LogP) is 2.40. The standard InChI is InChI=1S/C19H16N2O5/c1-11(21-17(23)14-7-2-3-8-15(14)18(21)24)9-16(22)20-13-6-4-5-12(10-13)19(25)26/h2-8,10-11H,9H2,1H3,(H,20,22)(H,25,26). The van der Waals surface area contributed by atoms with E-state index in [9.17, 15) is 19.2 Å². The summed E-state index contributed by atoms with van der Waals surface area (Å²) < 4.78 is 0. The maximum absolute atomic E-state index is 12.4. The third-order valence-electron chi connectivity index (χ3n) is 4.14. The van der Waals surface area contributed by atoms with Crippen molar-refractivity contribution in [3.63, 3.8) is 0 Å². The van der Waals surface area contributed by atoms with Gasteiger partial charge in [0.05, 0.1) is 16.7 Å². The Morgan fingerprint density at radius 3 is 2.23 bits per heavy atom. The summed E-state index contributed by atoms with van der Waals surface area (Å²) in [6, 6.07) is 11.7. The highest BCUT2D eigenvalue weighted by atomic mass is 16.4. The second-order valence-corrected chi connectivity index (χ2v) is 6.01. The lowest BCUT2D eigenvalue weighted by atomic mass is 10.1. The molecule has 2 aromatic carbocycles. The van der Waals surface area contributed by atoms with Crippen molar-refractivity contribution in [2.24, 2.45) is 0 Å². The number of nitrogens with zero attached hydrogens (tertiary/aromatic N) is 1. The lowest BCUT2D eigenvalue weighted by Crippen LogP contribution is -2.40. The van der Waals surface area contributed by atoms with Gasteiger partial charge in [-0.25, -0.2) is 4.79 Å². The highest BCUT2D eigenvalue weighted by Gasteiger charge is 2.38. The SMILES string of the molecule is CC(CC(=O)Nc1cccc(C(=O)O)c1)N1C(=O)c2ccccc2C1=O. The van der Waals surface area contributed by atoms with Crippen LogP contribution < -0.4 is 5.32 Å². The number of hydrogen-bond donors (Lipinski definition) is 2. The summed E-state index contributed by atoms with van der Waals surface area (Å²) in [6.45, 7) is 1.62. The molecule has 26 heavy (non-hydrogen) atoms. The van der Waals surface area contributed by atoms with Crippen LogP contribution in [0.3, 0.4) is 0 Å². The van der Waals surface area contributed by atoms with Crippen LogP contribution in [0.1, 0.15) is 44.4 Å². The Bertz CT molecular complexity index is 887. The van der Waals surface area contributed by atoms with Gasteiger partial charge in [-0.3, -0.25) is 19.3 Å². The molecule has 1 atom stereocenters. The molecule has 3 amide bonds. The predicted molar refractivity (Wildman–Crippen MR) is 93.1 cm³/mol. The van der Waals surface area contributed by atoms with Crippen molar-refractivity contribution in [1.29, 1.82) is 0 Å². The third-order valence-corrected chi connectivity index (χ3v) is 4.14. The number of carbonyl (C=O) groups excluding carboxylic acids is 3. The number of benzene rings is 2. The highest BCUT2D eigenvalue weighted by Crippen LogP contribution is 2.25. The second kappa shape index (κ2) is 6.79. The molecule has 1 aliphatic heterocycles. The largest absolute Gasteiger partial charge is 0.478 e. The summed E-state index contributed by atoms with van der Waals surface area (Å²) in [4.78, 5) is 49.1. The molecule has 0 aliphatic carbocycles. The van der Waals surface area contributed by atoms with E-state index in [2.05, 4.69) is 5.32 Å². The zero-order valence-corrected chi connectivity index (χ0v) is 13.9. The summed E-state index contributed by atoms with van der Waals surface area (Å²) in [5.41, 5.74) is 1.05. The summed E-state index contributed by atoms with van der Waals surface area (Å²) in [6.07, 6.45) is -0.0945. The van der Waals surface area contributed by atoms with Gasteiger partial charge in [0.1, 0.15) is 0 Å². The van der Waals surface area contributed by atoms with Gasteiger partial charge in [0.25, 0.3) is 11.8 Å². The fraction of sp³-hybridized carbons (Fsp3) is 0.158. The first-order chi connectivity index (χ1) is 12.4. The maximum Gasteiger partial charge on any atom is 0.335 e. The van der Waals surface area contributed by atoms with Crippen molar-refractivity contribution in [1.82, 2.24) is 4.90 Å². The topological polar surface area (TPSA) is 104 Å². The van der Waals surface area contributed by atoms with Crippen molar-refractivity contribution in [2.45, 2.75) is 19.4 Å². The molecule has 3 rings (SSSR count). The van der Waals surface area contributed by atoms with E-state index in [1.807, 2.05) is 0 Å². The first-order valence-electron chi connectivity index (χ1n) is 7.98. The van der Waals surface area contributed by atoms with E-state index >= 15 is 0 Å². The maximum atomic E-state index is 12.4. The van der Waals surface area contributed by atoms with Crippen molar-refractivity contribution in [3.05, 3.63) is 65.2 Å². The normalized spacial score (nSPS) is 14.1. The number of rotatable bonds is 5. The minimum Gasteiger partial charge on any atom is -0.478 e. The van der Waals surface area contributed by atoms with E-state index in [-0.39, 0.29) is 12.0 Å². The number of fused-ring (bicyclic) bond motifs is 1. The van der Waals surface area contributed by atoms with Crippen LogP contribution in [-0.2, 0) is 4.79 Å². The average molecular weight is 352 g/mol. The minimum atomic E-state index is -1.10. The molecule has 0 fully saturated rings. The zero-order chi connectivity index (χ0) is 18.8. The number of carbonyl (C=O) groups is 4. The first-order valence-corrected chi connectivity index (χ1v) is 7.98. The molecule has 1 aliphatic rings. The Morgan fingerprint density at radius 2 is 1.65 bits per heavy atom. The second-order valence-electron chi connectivity index (χ2n) is 6.01. The summed E-state index contributed by atoms with van der Waals surface area (Å²) in [7, 11) is 0. The molecule has 0 saturated carbocycles. The molecule has 0 aromatic heterocycles. The van der Waals surface area contributed by atoms with Crippen LogP contribution >= 0.6 is 0 Å². The summed E-state index contributed by atoms with van der Waals surface area (Å²) >= 11 is 0. The number of carboxylic acids is 1. The summed E-state index contributed by atoms with van der Waals surface area (Å²) in [5, 5.41) is 11.6. The van der Waals surface area contributed by atoms with Gasteiger partial charge in [0.2, 0.25) is 5.91 Å². The van der Waals surface area contributed by atoms with Crippen LogP contribution in [0, 0.1) is 0 Å². The molecule has 1 unspecified atom stereocenters. The number of anilines is 1. The Hall–Kier alpha value is -3.48. The molecule has 2 aromatic rings. The van der Waals surface area contributed by atoms with Crippen LogP contribution in [0.15, 0.2) is 48.5 Å². The lowest BCUT2D eigenvalue weighted by molar-refractivity contribution is -0.116. The summed E-state index contributed by atoms with van der Waals surface area (Å²) in [5.74, 6) is -2.35. The van der Waals surface area contributed by atoms with Gasteiger partial charge in [-0.1, -0.05) is 18.2 Å². The number of carboxylic acid groups (broad SMARTS) is 1. The van der Waals surface area contributed by atoms with Crippen molar-refractivity contribution in [2.75, 3.05) is 5.32 Å². The van der Waals surface area contributed by atoms with Crippen molar-refractivity contribution < 1.29 is 24.3 Å². The van der Waals surface area contributed by atoms with Gasteiger partial charge >= 0.3 is 5.97 Å². The van der Waals surface area contributed by atoms with E-state index in [1.54, 1.807) is 37.3 Å². The van der Waals surface area contributed by atoms with Crippen LogP contribution in [0.5, 0.6) is 0 Å². The molecular formula is C19H16N2O5. The Labute approximate surface area is 149 Å². The number of amides is 3. The Kier molecular flexibility index (Phi) is 4.53. The molecule has 0 spiro atoms. The van der Waals surface area contributed by atoms with Crippen LogP contribution in [0.4, 0.5) is 5.69 Å². The quantitative estimate of drug-likeness (QED) is 0.804. The van der Waals surface area contributed by atoms with Gasteiger partial charge < -0.3 is 10.4 Å². The molecule has 0 bridgehead atoms. The molecule has 0 saturated heterocycles. The van der Waals surface area contributed by atoms with Crippen LogP contribution in [0.25, 0.3) is 0 Å². The first kappa shape index (κ1) is 17.3. The number of nitrogens with one attached hydrogen (secondary N) is 1. The van der Waals surface area contributed by atoms with Gasteiger partial charge in [-0.15, -0.1) is 0 Å². The monoisotopic (exact) mass is 352 g/mol.